The summed E-state index contributed by atoms with van der Waals surface area (Å²) in [5.74, 6) is 0.694. The van der Waals surface area contributed by atoms with Crippen molar-refractivity contribution < 1.29 is 4.74 Å². The van der Waals surface area contributed by atoms with Gasteiger partial charge in [-0.15, -0.1) is 11.3 Å². The van der Waals surface area contributed by atoms with Gasteiger partial charge in [-0.05, 0) is 32.1 Å². The fraction of sp³-hybridized carbons (Fsp3) is 0.786. The Balaban J connectivity index is 2.09. The summed E-state index contributed by atoms with van der Waals surface area (Å²) in [6, 6.07) is 0. The molecule has 0 aliphatic heterocycles. The van der Waals surface area contributed by atoms with E-state index in [9.17, 15) is 0 Å². The van der Waals surface area contributed by atoms with Gasteiger partial charge in [-0.3, -0.25) is 0 Å². The highest BCUT2D eigenvalue weighted by molar-refractivity contribution is 7.09. The second-order valence-corrected chi connectivity index (χ2v) is 5.69. The lowest BCUT2D eigenvalue weighted by Crippen LogP contribution is -2.19. The van der Waals surface area contributed by atoms with Crippen molar-refractivity contribution in [2.75, 3.05) is 6.61 Å². The van der Waals surface area contributed by atoms with E-state index >= 15 is 0 Å². The summed E-state index contributed by atoms with van der Waals surface area (Å²) < 4.78 is 5.97. The highest BCUT2D eigenvalue weighted by Crippen LogP contribution is 2.37. The summed E-state index contributed by atoms with van der Waals surface area (Å²) in [4.78, 5) is 4.72. The summed E-state index contributed by atoms with van der Waals surface area (Å²) in [7, 11) is 0. The molecule has 1 saturated carbocycles. The molecule has 0 radical (unpaired) electrons. The number of aromatic nitrogens is 1. The van der Waals surface area contributed by atoms with E-state index in [2.05, 4.69) is 19.2 Å². The Morgan fingerprint density at radius 1 is 1.35 bits per heavy atom. The van der Waals surface area contributed by atoms with E-state index in [1.807, 2.05) is 0 Å². The van der Waals surface area contributed by atoms with E-state index in [0.29, 0.717) is 5.92 Å². The number of nitrogens with zero attached hydrogens (tertiary/aromatic N) is 1. The van der Waals surface area contributed by atoms with Crippen molar-refractivity contribution in [1.82, 2.24) is 4.98 Å². The van der Waals surface area contributed by atoms with Gasteiger partial charge in [-0.25, -0.2) is 4.98 Å². The van der Waals surface area contributed by atoms with Crippen LogP contribution in [0.5, 0.6) is 0 Å². The molecule has 1 unspecified atom stereocenters. The van der Waals surface area contributed by atoms with Crippen LogP contribution in [0.1, 0.15) is 62.8 Å². The molecule has 1 aliphatic carbocycles. The minimum Gasteiger partial charge on any atom is -0.371 e. The van der Waals surface area contributed by atoms with Crippen LogP contribution in [0.25, 0.3) is 0 Å². The Morgan fingerprint density at radius 3 is 2.71 bits per heavy atom. The number of ether oxygens (including phenoxy) is 1. The third-order valence-electron chi connectivity index (χ3n) is 3.60. The first-order valence-electron chi connectivity index (χ1n) is 6.91. The minimum absolute atomic E-state index is 0.255. The fourth-order valence-corrected chi connectivity index (χ4v) is 3.68. The van der Waals surface area contributed by atoms with Crippen LogP contribution >= 0.6 is 11.3 Å². The predicted molar refractivity (Wildman–Crippen MR) is 72.4 cm³/mol. The third-order valence-corrected chi connectivity index (χ3v) is 4.55. The van der Waals surface area contributed by atoms with Gasteiger partial charge in [-0.2, -0.15) is 0 Å². The summed E-state index contributed by atoms with van der Waals surface area (Å²) >= 11 is 1.78. The molecule has 1 aromatic rings. The molecule has 17 heavy (non-hydrogen) atoms. The smallest absolute Gasteiger partial charge is 0.122 e. The number of aryl methyl sites for hydroxylation is 1. The van der Waals surface area contributed by atoms with Gasteiger partial charge in [0.1, 0.15) is 11.1 Å². The molecular weight excluding hydrogens is 230 g/mol. The quantitative estimate of drug-likeness (QED) is 0.777. The SMILES string of the molecule is CCOC(c1nc(CC)cs1)C1CCCCC1. The average molecular weight is 253 g/mol. The minimum atomic E-state index is 0.255. The number of hydrogen-bond donors (Lipinski definition) is 0. The number of rotatable bonds is 5. The largest absolute Gasteiger partial charge is 0.371 e. The lowest BCUT2D eigenvalue weighted by molar-refractivity contribution is 0.00543. The molecule has 2 rings (SSSR count). The standard InChI is InChI=1S/C14H23NOS/c1-3-12-10-17-14(15-12)13(16-4-2)11-8-6-5-7-9-11/h10-11,13H,3-9H2,1-2H3. The van der Waals surface area contributed by atoms with Gasteiger partial charge < -0.3 is 4.74 Å². The maximum Gasteiger partial charge on any atom is 0.122 e. The molecule has 0 bridgehead atoms. The van der Waals surface area contributed by atoms with Crippen LogP contribution < -0.4 is 0 Å². The summed E-state index contributed by atoms with van der Waals surface area (Å²) in [5.41, 5.74) is 1.21. The average Bonchev–Trinajstić information content (AvgIpc) is 2.85. The maximum atomic E-state index is 5.97. The van der Waals surface area contributed by atoms with Gasteiger partial charge in [0.2, 0.25) is 0 Å². The number of hydrogen-bond acceptors (Lipinski definition) is 3. The van der Waals surface area contributed by atoms with Gasteiger partial charge in [0.15, 0.2) is 0 Å². The van der Waals surface area contributed by atoms with Crippen molar-refractivity contribution in [2.45, 2.75) is 58.5 Å². The van der Waals surface area contributed by atoms with Gasteiger partial charge >= 0.3 is 0 Å². The van der Waals surface area contributed by atoms with Crippen molar-refractivity contribution in [3.63, 3.8) is 0 Å². The van der Waals surface area contributed by atoms with E-state index < -0.39 is 0 Å². The molecule has 96 valence electrons. The molecule has 1 aliphatic rings. The Labute approximate surface area is 108 Å². The zero-order valence-electron chi connectivity index (χ0n) is 10.9. The summed E-state index contributed by atoms with van der Waals surface area (Å²) in [6.07, 6.45) is 8.02. The van der Waals surface area contributed by atoms with Crippen LogP contribution in [0.4, 0.5) is 0 Å². The highest BCUT2D eigenvalue weighted by Gasteiger charge is 2.27. The molecule has 0 saturated heterocycles. The van der Waals surface area contributed by atoms with E-state index in [-0.39, 0.29) is 6.10 Å². The molecule has 1 aromatic heterocycles. The van der Waals surface area contributed by atoms with Crippen LogP contribution in [0, 0.1) is 5.92 Å². The van der Waals surface area contributed by atoms with Gasteiger partial charge in [0.25, 0.3) is 0 Å². The number of thiazole rings is 1. The fourth-order valence-electron chi connectivity index (χ4n) is 2.64. The molecule has 0 N–H and O–H groups in total. The zero-order chi connectivity index (χ0) is 12.1. The van der Waals surface area contributed by atoms with E-state index in [1.54, 1.807) is 11.3 Å². The lowest BCUT2D eigenvalue weighted by Gasteiger charge is -2.28. The monoisotopic (exact) mass is 253 g/mol. The molecule has 1 heterocycles. The Bertz CT molecular complexity index is 331. The third kappa shape index (κ3) is 3.29. The molecule has 1 fully saturated rings. The van der Waals surface area contributed by atoms with E-state index in [4.69, 9.17) is 9.72 Å². The molecule has 1 atom stereocenters. The second kappa shape index (κ2) is 6.50. The zero-order valence-corrected chi connectivity index (χ0v) is 11.8. The first-order chi connectivity index (χ1) is 8.35. The van der Waals surface area contributed by atoms with Crippen LogP contribution in [0.2, 0.25) is 0 Å². The summed E-state index contributed by atoms with van der Waals surface area (Å²) in [6.45, 7) is 5.04. The molecule has 0 spiro atoms. The van der Waals surface area contributed by atoms with Crippen molar-refractivity contribution in [3.05, 3.63) is 16.1 Å². The van der Waals surface area contributed by atoms with Gasteiger partial charge in [0.05, 0.1) is 5.69 Å². The van der Waals surface area contributed by atoms with Crippen LogP contribution in [-0.2, 0) is 11.2 Å². The predicted octanol–water partition coefficient (Wildman–Crippen LogP) is 4.36. The first-order valence-corrected chi connectivity index (χ1v) is 7.79. The molecule has 0 aromatic carbocycles. The normalized spacial score (nSPS) is 19.4. The maximum absolute atomic E-state index is 5.97. The Hall–Kier alpha value is -0.410. The van der Waals surface area contributed by atoms with Crippen molar-refractivity contribution in [2.24, 2.45) is 5.92 Å². The first kappa shape index (κ1) is 13.0. The van der Waals surface area contributed by atoms with E-state index in [0.717, 1.165) is 13.0 Å². The highest BCUT2D eigenvalue weighted by atomic mass is 32.1. The Morgan fingerprint density at radius 2 is 2.12 bits per heavy atom. The molecule has 2 nitrogen and oxygen atoms in total. The van der Waals surface area contributed by atoms with Crippen LogP contribution in [-0.4, -0.2) is 11.6 Å². The van der Waals surface area contributed by atoms with Crippen LogP contribution in [0.3, 0.4) is 0 Å². The van der Waals surface area contributed by atoms with Gasteiger partial charge in [0, 0.05) is 12.0 Å². The van der Waals surface area contributed by atoms with E-state index in [1.165, 1.54) is 42.8 Å². The second-order valence-electron chi connectivity index (χ2n) is 4.80. The van der Waals surface area contributed by atoms with Crippen molar-refractivity contribution in [3.8, 4) is 0 Å². The van der Waals surface area contributed by atoms with Gasteiger partial charge in [-0.1, -0.05) is 26.2 Å². The van der Waals surface area contributed by atoms with Crippen molar-refractivity contribution >= 4 is 11.3 Å². The van der Waals surface area contributed by atoms with Crippen molar-refractivity contribution in [1.29, 1.82) is 0 Å². The van der Waals surface area contributed by atoms with Crippen LogP contribution in [0.15, 0.2) is 5.38 Å². The summed E-state index contributed by atoms with van der Waals surface area (Å²) in [5, 5.41) is 3.39. The molecular formula is C14H23NOS. The lowest BCUT2D eigenvalue weighted by atomic mass is 9.85. The molecule has 3 heteroatoms. The molecule has 0 amide bonds. The topological polar surface area (TPSA) is 22.1 Å². The Kier molecular flexibility index (Phi) is 4.99.